The number of hydrogen-bond acceptors (Lipinski definition) is 8. The van der Waals surface area contributed by atoms with Crippen molar-refractivity contribution in [3.63, 3.8) is 0 Å². The van der Waals surface area contributed by atoms with Crippen molar-refractivity contribution in [2.45, 2.75) is 13.0 Å². The molecule has 10 nitrogen and oxygen atoms in total. The molecule has 10 heteroatoms. The van der Waals surface area contributed by atoms with Crippen molar-refractivity contribution in [1.82, 2.24) is 25.2 Å². The summed E-state index contributed by atoms with van der Waals surface area (Å²) in [5.41, 5.74) is 2.37. The fraction of sp³-hybridized carbons (Fsp3) is 0.211. The number of nitrogens with zero attached hydrogens (tertiary/aromatic N) is 5. The summed E-state index contributed by atoms with van der Waals surface area (Å²) in [5.74, 6) is 1.24. The van der Waals surface area contributed by atoms with E-state index in [0.29, 0.717) is 34.4 Å². The lowest BCUT2D eigenvalue weighted by molar-refractivity contribution is -0.113. The highest BCUT2D eigenvalue weighted by atomic mass is 16.5. The third-order valence-corrected chi connectivity index (χ3v) is 4.61. The number of tetrazole rings is 1. The van der Waals surface area contributed by atoms with Gasteiger partial charge in [0.2, 0.25) is 5.95 Å². The maximum Gasteiger partial charge on any atom is 0.255 e. The van der Waals surface area contributed by atoms with Gasteiger partial charge in [0.25, 0.3) is 5.91 Å². The number of methoxy groups -OCH3 is 2. The number of fused-ring (bicyclic) bond motifs is 1. The van der Waals surface area contributed by atoms with Crippen LogP contribution in [0.3, 0.4) is 0 Å². The zero-order valence-corrected chi connectivity index (χ0v) is 16.1. The molecule has 3 aromatic rings. The van der Waals surface area contributed by atoms with Gasteiger partial charge in [0, 0.05) is 24.2 Å². The van der Waals surface area contributed by atoms with E-state index in [1.54, 1.807) is 55.4 Å². The van der Waals surface area contributed by atoms with Crippen LogP contribution in [0.4, 0.5) is 11.6 Å². The minimum atomic E-state index is -0.536. The fourth-order valence-corrected chi connectivity index (χ4v) is 3.25. The normalized spacial score (nSPS) is 15.3. The number of nitrogens with one attached hydrogen (secondary N) is 2. The van der Waals surface area contributed by atoms with Crippen molar-refractivity contribution in [3.8, 4) is 11.5 Å². The van der Waals surface area contributed by atoms with E-state index in [0.717, 1.165) is 5.56 Å². The first-order chi connectivity index (χ1) is 14.1. The van der Waals surface area contributed by atoms with Gasteiger partial charge in [0.15, 0.2) is 0 Å². The van der Waals surface area contributed by atoms with Crippen LogP contribution in [0.15, 0.2) is 54.0 Å². The van der Waals surface area contributed by atoms with E-state index in [-0.39, 0.29) is 5.91 Å². The second-order valence-electron chi connectivity index (χ2n) is 6.32. The molecule has 0 radical (unpaired) electrons. The standard InChI is InChI=1S/C19H19N7O3/c1-11-16(18(27)22-14-9-13(28-2)6-7-15(14)29-3)17(12-5-4-8-20-10-12)26-19(21-11)23-24-25-26/h4-10,17H,1-3H3,(H,22,27)(H,21,23,25)/t17-/m1/s1. The average molecular weight is 393 g/mol. The Morgan fingerprint density at radius 1 is 1.24 bits per heavy atom. The van der Waals surface area contributed by atoms with Crippen LogP contribution in [0, 0.1) is 0 Å². The molecule has 3 heterocycles. The molecule has 1 atom stereocenters. The zero-order valence-electron chi connectivity index (χ0n) is 16.1. The Labute approximate surface area is 166 Å². The molecular weight excluding hydrogens is 374 g/mol. The molecule has 2 aromatic heterocycles. The Kier molecular flexibility index (Phi) is 4.82. The van der Waals surface area contributed by atoms with Gasteiger partial charge in [0.05, 0.1) is 25.5 Å². The first-order valence-corrected chi connectivity index (χ1v) is 8.81. The van der Waals surface area contributed by atoms with Crippen LogP contribution < -0.4 is 20.1 Å². The molecule has 1 amide bonds. The van der Waals surface area contributed by atoms with Crippen molar-refractivity contribution in [2.24, 2.45) is 0 Å². The third-order valence-electron chi connectivity index (χ3n) is 4.61. The van der Waals surface area contributed by atoms with Crippen molar-refractivity contribution in [2.75, 3.05) is 24.9 Å². The van der Waals surface area contributed by atoms with Gasteiger partial charge in [-0.25, -0.2) is 0 Å². The molecule has 29 heavy (non-hydrogen) atoms. The Morgan fingerprint density at radius 2 is 2.10 bits per heavy atom. The van der Waals surface area contributed by atoms with Crippen LogP contribution in [-0.2, 0) is 4.79 Å². The van der Waals surface area contributed by atoms with Crippen LogP contribution >= 0.6 is 0 Å². The smallest absolute Gasteiger partial charge is 0.255 e. The number of allylic oxidation sites excluding steroid dienone is 1. The van der Waals surface area contributed by atoms with Gasteiger partial charge in [-0.15, -0.1) is 0 Å². The number of anilines is 2. The van der Waals surface area contributed by atoms with E-state index in [9.17, 15) is 4.79 Å². The molecule has 0 saturated carbocycles. The van der Waals surface area contributed by atoms with E-state index in [1.165, 1.54) is 7.11 Å². The topological polar surface area (TPSA) is 116 Å². The summed E-state index contributed by atoms with van der Waals surface area (Å²) >= 11 is 0. The van der Waals surface area contributed by atoms with Crippen LogP contribution in [0.25, 0.3) is 0 Å². The molecule has 0 fully saturated rings. The van der Waals surface area contributed by atoms with Crippen molar-refractivity contribution in [1.29, 1.82) is 0 Å². The summed E-state index contributed by atoms with van der Waals surface area (Å²) in [7, 11) is 3.10. The fourth-order valence-electron chi connectivity index (χ4n) is 3.25. The van der Waals surface area contributed by atoms with Crippen LogP contribution in [0.2, 0.25) is 0 Å². The van der Waals surface area contributed by atoms with Gasteiger partial charge in [-0.05, 0) is 41.1 Å². The molecule has 1 aliphatic heterocycles. The molecule has 0 bridgehead atoms. The van der Waals surface area contributed by atoms with E-state index in [4.69, 9.17) is 9.47 Å². The summed E-state index contributed by atoms with van der Waals surface area (Å²) in [6.07, 6.45) is 3.36. The molecule has 1 aromatic carbocycles. The van der Waals surface area contributed by atoms with Gasteiger partial charge in [-0.3, -0.25) is 9.78 Å². The molecule has 0 saturated heterocycles. The third kappa shape index (κ3) is 3.35. The minimum absolute atomic E-state index is 0.323. The predicted molar refractivity (Wildman–Crippen MR) is 105 cm³/mol. The Morgan fingerprint density at radius 3 is 2.83 bits per heavy atom. The van der Waals surface area contributed by atoms with Gasteiger partial charge < -0.3 is 20.1 Å². The molecule has 0 unspecified atom stereocenters. The number of carbonyl (C=O) groups is 1. The first-order valence-electron chi connectivity index (χ1n) is 8.81. The lowest BCUT2D eigenvalue weighted by Crippen LogP contribution is -2.31. The van der Waals surface area contributed by atoms with E-state index in [2.05, 4.69) is 31.1 Å². The van der Waals surface area contributed by atoms with Crippen LogP contribution in [-0.4, -0.2) is 45.3 Å². The van der Waals surface area contributed by atoms with E-state index >= 15 is 0 Å². The summed E-state index contributed by atoms with van der Waals surface area (Å²) in [6.45, 7) is 1.80. The predicted octanol–water partition coefficient (Wildman–Crippen LogP) is 2.01. The molecule has 2 N–H and O–H groups in total. The number of carbonyl (C=O) groups excluding carboxylic acids is 1. The van der Waals surface area contributed by atoms with Gasteiger partial charge in [-0.1, -0.05) is 11.2 Å². The largest absolute Gasteiger partial charge is 0.497 e. The van der Waals surface area contributed by atoms with Gasteiger partial charge in [0.1, 0.15) is 17.5 Å². The summed E-state index contributed by atoms with van der Waals surface area (Å²) in [4.78, 5) is 17.5. The number of ether oxygens (including phenoxy) is 2. The molecule has 0 aliphatic carbocycles. The summed E-state index contributed by atoms with van der Waals surface area (Å²) in [6, 6.07) is 8.33. The van der Waals surface area contributed by atoms with E-state index in [1.807, 2.05) is 6.07 Å². The average Bonchev–Trinajstić information content (AvgIpc) is 3.21. The lowest BCUT2D eigenvalue weighted by Gasteiger charge is -2.27. The monoisotopic (exact) mass is 393 g/mol. The van der Waals surface area contributed by atoms with E-state index < -0.39 is 6.04 Å². The summed E-state index contributed by atoms with van der Waals surface area (Å²) in [5, 5.41) is 17.8. The first kappa shape index (κ1) is 18.4. The molecule has 1 aliphatic rings. The second kappa shape index (κ2) is 7.58. The molecular formula is C19H19N7O3. The van der Waals surface area contributed by atoms with Crippen molar-refractivity contribution >= 4 is 17.5 Å². The van der Waals surface area contributed by atoms with Crippen LogP contribution in [0.1, 0.15) is 18.5 Å². The van der Waals surface area contributed by atoms with Crippen LogP contribution in [0.5, 0.6) is 11.5 Å². The highest BCUT2D eigenvalue weighted by Crippen LogP contribution is 2.36. The number of pyridine rings is 1. The Bertz CT molecular complexity index is 1080. The number of hydrogen-bond donors (Lipinski definition) is 2. The quantitative estimate of drug-likeness (QED) is 0.676. The maximum absolute atomic E-state index is 13.4. The number of rotatable bonds is 5. The summed E-state index contributed by atoms with van der Waals surface area (Å²) < 4.78 is 12.2. The number of aromatic nitrogens is 5. The Balaban J connectivity index is 1.75. The lowest BCUT2D eigenvalue weighted by atomic mass is 9.96. The molecule has 4 rings (SSSR count). The van der Waals surface area contributed by atoms with Gasteiger partial charge in [-0.2, -0.15) is 4.68 Å². The highest BCUT2D eigenvalue weighted by molar-refractivity contribution is 6.06. The number of amides is 1. The minimum Gasteiger partial charge on any atom is -0.497 e. The van der Waals surface area contributed by atoms with Crippen molar-refractivity contribution < 1.29 is 14.3 Å². The number of benzene rings is 1. The molecule has 148 valence electrons. The SMILES string of the molecule is COc1ccc(OC)c(NC(=O)C2=C(C)Nc3nnnn3[C@@H]2c2cccnc2)c1. The van der Waals surface area contributed by atoms with Gasteiger partial charge >= 0.3 is 0 Å². The van der Waals surface area contributed by atoms with Crippen molar-refractivity contribution in [3.05, 3.63) is 59.6 Å². The molecule has 0 spiro atoms. The second-order valence-corrected chi connectivity index (χ2v) is 6.32. The zero-order chi connectivity index (χ0) is 20.4. The maximum atomic E-state index is 13.4. The highest BCUT2D eigenvalue weighted by Gasteiger charge is 2.34. The Hall–Kier alpha value is -3.95.